The van der Waals surface area contributed by atoms with E-state index in [1.165, 1.54) is 24.5 Å². The van der Waals surface area contributed by atoms with E-state index >= 15 is 0 Å². The molecule has 0 aliphatic carbocycles. The smallest absolute Gasteiger partial charge is 0.780 e. The number of hydrogen-bond donors (Lipinski definition) is 3. The summed E-state index contributed by atoms with van der Waals surface area (Å²) in [5.74, 6) is -1.20. The number of hydrazone groups is 1. The zero-order valence-corrected chi connectivity index (χ0v) is 22.1. The van der Waals surface area contributed by atoms with E-state index in [1.807, 2.05) is 0 Å². The minimum absolute atomic E-state index is 0. The maximum atomic E-state index is 13.4. The maximum absolute atomic E-state index is 13.4. The van der Waals surface area contributed by atoms with Gasteiger partial charge in [0, 0.05) is 11.8 Å². The number of anilines is 1. The Labute approximate surface area is 225 Å². The van der Waals surface area contributed by atoms with Crippen LogP contribution in [0, 0.1) is 5.82 Å². The van der Waals surface area contributed by atoms with Crippen LogP contribution in [0.2, 0.25) is 0 Å². The Hall–Kier alpha value is -1.12. The van der Waals surface area contributed by atoms with E-state index in [-0.39, 0.29) is 81.2 Å². The maximum Gasteiger partial charge on any atom is 1.00 e. The molecule has 0 unspecified atom stereocenters. The van der Waals surface area contributed by atoms with E-state index in [9.17, 15) is 23.5 Å². The van der Waals surface area contributed by atoms with Gasteiger partial charge in [-0.1, -0.05) is 0 Å². The Morgan fingerprint density at radius 1 is 1.35 bits per heavy atom. The third kappa shape index (κ3) is 11.3. The second-order valence-electron chi connectivity index (χ2n) is 5.16. The molecular formula is C15H13FN5Na2O6PS. The van der Waals surface area contributed by atoms with Crippen molar-refractivity contribution in [1.29, 1.82) is 0 Å². The number of nitrogens with zero attached hydrogens (tertiary/aromatic N) is 2. The van der Waals surface area contributed by atoms with Gasteiger partial charge in [0.25, 0.3) is 0 Å². The van der Waals surface area contributed by atoms with Crippen molar-refractivity contribution in [3.8, 4) is 5.75 Å². The Morgan fingerprint density at radius 3 is 2.71 bits per heavy atom. The van der Waals surface area contributed by atoms with Gasteiger partial charge in [-0.15, -0.1) is 0 Å². The Balaban J connectivity index is 0.00000450. The van der Waals surface area contributed by atoms with Crippen LogP contribution in [0.15, 0.2) is 41.6 Å². The van der Waals surface area contributed by atoms with E-state index in [0.29, 0.717) is 0 Å². The fourth-order valence-corrected chi connectivity index (χ4v) is 2.41. The number of amides is 1. The van der Waals surface area contributed by atoms with Crippen molar-refractivity contribution in [2.45, 2.75) is 6.61 Å². The van der Waals surface area contributed by atoms with Crippen LogP contribution in [0.1, 0.15) is 11.3 Å². The second-order valence-corrected chi connectivity index (χ2v) is 6.68. The first-order valence-corrected chi connectivity index (χ1v) is 9.48. The molecule has 0 fully saturated rings. The summed E-state index contributed by atoms with van der Waals surface area (Å²) in [4.78, 5) is 37.6. The third-order valence-corrected chi connectivity index (χ3v) is 3.54. The molecule has 1 heterocycles. The summed E-state index contributed by atoms with van der Waals surface area (Å²) in [5.41, 5.74) is 7.84. The molecule has 1 aromatic carbocycles. The van der Waals surface area contributed by atoms with Crippen LogP contribution in [0.3, 0.4) is 0 Å². The fraction of sp³-hybridized carbons (Fsp3) is 0.0667. The first-order chi connectivity index (χ1) is 13.6. The van der Waals surface area contributed by atoms with E-state index in [2.05, 4.69) is 37.6 Å². The summed E-state index contributed by atoms with van der Waals surface area (Å²) in [6.07, 6.45) is 1.71. The van der Waals surface area contributed by atoms with E-state index in [1.54, 1.807) is 0 Å². The van der Waals surface area contributed by atoms with Gasteiger partial charge in [-0.2, -0.15) is 5.10 Å². The topological polar surface area (TPSA) is 174 Å². The van der Waals surface area contributed by atoms with E-state index in [0.717, 1.165) is 18.2 Å². The van der Waals surface area contributed by atoms with Crippen LogP contribution in [0.5, 0.6) is 5.75 Å². The normalized spacial score (nSPS) is 10.4. The number of phosphoric acid groups is 1. The summed E-state index contributed by atoms with van der Waals surface area (Å²) < 4.78 is 33.3. The Bertz CT molecular complexity index is 996. The zero-order valence-electron chi connectivity index (χ0n) is 16.4. The summed E-state index contributed by atoms with van der Waals surface area (Å²) in [6, 6.07) is 5.71. The molecule has 2 aromatic rings. The molecule has 16 heteroatoms. The van der Waals surface area contributed by atoms with Crippen molar-refractivity contribution in [2.24, 2.45) is 10.8 Å². The Kier molecular flexibility index (Phi) is 13.6. The molecule has 0 saturated heterocycles. The largest absolute Gasteiger partial charge is 1.00 e. The summed E-state index contributed by atoms with van der Waals surface area (Å²) in [5, 5.41) is 6.03. The number of hydrogen-bond acceptors (Lipinski definition) is 9. The molecule has 1 aromatic heterocycles. The van der Waals surface area contributed by atoms with Gasteiger partial charge in [0.2, 0.25) is 0 Å². The summed E-state index contributed by atoms with van der Waals surface area (Å²) in [6.45, 7) is -0.578. The molecule has 0 radical (unpaired) electrons. The molecule has 0 spiro atoms. The number of nitrogens with two attached hydrogens (primary N) is 1. The number of carbonyl (C=O) groups is 1. The number of halogens is 1. The molecule has 4 N–H and O–H groups in total. The number of phosphoric ester groups is 1. The molecule has 0 aliphatic rings. The third-order valence-electron chi connectivity index (χ3n) is 3.03. The zero-order chi connectivity index (χ0) is 21.4. The van der Waals surface area contributed by atoms with Crippen molar-refractivity contribution in [1.82, 2.24) is 10.4 Å². The van der Waals surface area contributed by atoms with Gasteiger partial charge in [0.1, 0.15) is 31.7 Å². The fourth-order valence-electron chi connectivity index (χ4n) is 1.94. The van der Waals surface area contributed by atoms with Crippen molar-refractivity contribution in [3.63, 3.8) is 0 Å². The van der Waals surface area contributed by atoms with E-state index in [4.69, 9.17) is 10.5 Å². The monoisotopic (exact) mass is 487 g/mol. The van der Waals surface area contributed by atoms with Crippen LogP contribution in [-0.4, -0.2) is 22.4 Å². The number of rotatable bonds is 7. The van der Waals surface area contributed by atoms with Gasteiger partial charge in [0.15, 0.2) is 5.11 Å². The van der Waals surface area contributed by atoms with E-state index < -0.39 is 32.1 Å². The first kappa shape index (κ1) is 29.9. The number of pyridine rings is 1. The SMILES string of the molecule is NC(=S)NN=Cc1ncccc1NC(=O)OCc1cc(F)ccc1OP(=O)([O-])[O-].[Na+].[Na+]. The molecule has 0 aliphatic heterocycles. The van der Waals surface area contributed by atoms with Gasteiger partial charge in [0.05, 0.1) is 11.9 Å². The van der Waals surface area contributed by atoms with Crippen LogP contribution in [-0.2, 0) is 15.9 Å². The predicted octanol–water partition coefficient (Wildman–Crippen LogP) is -5.65. The van der Waals surface area contributed by atoms with Crippen LogP contribution < -0.4 is 89.9 Å². The molecule has 0 atom stereocenters. The van der Waals surface area contributed by atoms with Gasteiger partial charge >= 0.3 is 65.2 Å². The average Bonchev–Trinajstić information content (AvgIpc) is 2.62. The van der Waals surface area contributed by atoms with Gasteiger partial charge in [-0.25, -0.2) is 9.18 Å². The second kappa shape index (κ2) is 14.1. The standard InChI is InChI=1S/C15H15FN5O6PS.2Na/c16-10-3-4-13(27-28(23,24)25)9(6-10)8-26-15(22)20-11-2-1-5-18-12(11)7-19-21-14(17)29;;/h1-7H,8H2,(H,20,22)(H3,17,21,29)(H2,23,24,25);;/q;2*+1/p-2. The minimum atomic E-state index is -5.38. The number of carbonyl (C=O) groups excluding carboxylic acids is 1. The molecule has 154 valence electrons. The number of nitrogens with one attached hydrogen (secondary N) is 2. The van der Waals surface area contributed by atoms with Crippen LogP contribution in [0.4, 0.5) is 14.9 Å². The molecule has 0 saturated carbocycles. The number of ether oxygens (including phenoxy) is 1. The molecule has 2 rings (SSSR count). The van der Waals surface area contributed by atoms with Crippen molar-refractivity contribution in [3.05, 3.63) is 53.6 Å². The molecular weight excluding hydrogens is 474 g/mol. The molecule has 31 heavy (non-hydrogen) atoms. The molecule has 0 bridgehead atoms. The number of thiocarbonyl (C=S) groups is 1. The van der Waals surface area contributed by atoms with Crippen molar-refractivity contribution < 1.29 is 91.9 Å². The average molecular weight is 487 g/mol. The number of benzene rings is 1. The quantitative estimate of drug-likeness (QED) is 0.112. The molecule has 1 amide bonds. The predicted molar refractivity (Wildman–Crippen MR) is 100 cm³/mol. The molecule has 11 nitrogen and oxygen atoms in total. The summed E-state index contributed by atoms with van der Waals surface area (Å²) >= 11 is 4.60. The number of aromatic nitrogens is 1. The summed E-state index contributed by atoms with van der Waals surface area (Å²) in [7, 11) is -5.38. The van der Waals surface area contributed by atoms with Gasteiger partial charge < -0.3 is 29.3 Å². The van der Waals surface area contributed by atoms with Crippen LogP contribution in [0.25, 0.3) is 0 Å². The van der Waals surface area contributed by atoms with Gasteiger partial charge in [-0.05, 0) is 42.5 Å². The first-order valence-electron chi connectivity index (χ1n) is 7.61. The minimum Gasteiger partial charge on any atom is -0.780 e. The van der Waals surface area contributed by atoms with Crippen molar-refractivity contribution in [2.75, 3.05) is 5.32 Å². The van der Waals surface area contributed by atoms with Crippen LogP contribution >= 0.6 is 20.0 Å². The van der Waals surface area contributed by atoms with Crippen molar-refractivity contribution >= 4 is 43.1 Å². The van der Waals surface area contributed by atoms with Gasteiger partial charge in [-0.3, -0.25) is 15.7 Å². The Morgan fingerprint density at radius 2 is 2.06 bits per heavy atom.